The molecule has 1 aromatic rings. The van der Waals surface area contributed by atoms with Crippen LogP contribution in [0.4, 0.5) is 5.69 Å². The fourth-order valence-electron chi connectivity index (χ4n) is 1.47. The third-order valence-electron chi connectivity index (χ3n) is 2.33. The Bertz CT molecular complexity index is 454. The van der Waals surface area contributed by atoms with Crippen LogP contribution in [0.25, 0.3) is 0 Å². The SMILES string of the molecule is NCCN[C@H](CC(=O)Nc1cccc(Cl)c1)C(=O)O. The molecule has 0 bridgehead atoms. The number of anilines is 1. The number of carbonyl (C=O) groups is 2. The molecule has 0 aliphatic heterocycles. The zero-order valence-electron chi connectivity index (χ0n) is 10.2. The van der Waals surface area contributed by atoms with E-state index in [1.165, 1.54) is 0 Å². The molecule has 7 heteroatoms. The van der Waals surface area contributed by atoms with Crippen molar-refractivity contribution in [2.45, 2.75) is 12.5 Å². The molecule has 1 rings (SSSR count). The normalized spacial score (nSPS) is 11.9. The lowest BCUT2D eigenvalue weighted by Gasteiger charge is -2.13. The van der Waals surface area contributed by atoms with E-state index in [0.29, 0.717) is 23.8 Å². The summed E-state index contributed by atoms with van der Waals surface area (Å²) >= 11 is 5.78. The lowest BCUT2D eigenvalue weighted by Crippen LogP contribution is -2.41. The number of amides is 1. The molecular weight excluding hydrogens is 270 g/mol. The van der Waals surface area contributed by atoms with E-state index in [1.807, 2.05) is 0 Å². The highest BCUT2D eigenvalue weighted by Gasteiger charge is 2.20. The molecule has 0 heterocycles. The van der Waals surface area contributed by atoms with Crippen LogP contribution in [0.5, 0.6) is 0 Å². The smallest absolute Gasteiger partial charge is 0.321 e. The predicted molar refractivity (Wildman–Crippen MR) is 73.2 cm³/mol. The third kappa shape index (κ3) is 5.69. The Kier molecular flexibility index (Phi) is 6.27. The first kappa shape index (κ1) is 15.4. The number of hydrogen-bond donors (Lipinski definition) is 4. The number of rotatable bonds is 7. The molecule has 0 saturated heterocycles. The average molecular weight is 286 g/mol. The Morgan fingerprint density at radius 2 is 2.16 bits per heavy atom. The number of benzene rings is 1. The molecule has 5 N–H and O–H groups in total. The highest BCUT2D eigenvalue weighted by Crippen LogP contribution is 2.15. The molecule has 19 heavy (non-hydrogen) atoms. The van der Waals surface area contributed by atoms with Gasteiger partial charge in [0.1, 0.15) is 6.04 Å². The van der Waals surface area contributed by atoms with Gasteiger partial charge >= 0.3 is 5.97 Å². The molecular formula is C12H16ClN3O3. The van der Waals surface area contributed by atoms with Crippen molar-refractivity contribution in [2.75, 3.05) is 18.4 Å². The lowest BCUT2D eigenvalue weighted by atomic mass is 10.2. The second kappa shape index (κ2) is 7.73. The summed E-state index contributed by atoms with van der Waals surface area (Å²) in [5.41, 5.74) is 5.81. The average Bonchev–Trinajstić information content (AvgIpc) is 2.34. The number of nitrogens with two attached hydrogens (primary N) is 1. The molecule has 0 aliphatic rings. The van der Waals surface area contributed by atoms with Gasteiger partial charge < -0.3 is 21.5 Å². The number of aliphatic carboxylic acids is 1. The van der Waals surface area contributed by atoms with Crippen LogP contribution >= 0.6 is 11.6 Å². The molecule has 0 spiro atoms. The minimum atomic E-state index is -1.09. The van der Waals surface area contributed by atoms with Crippen molar-refractivity contribution in [1.82, 2.24) is 5.32 Å². The summed E-state index contributed by atoms with van der Waals surface area (Å²) in [6.07, 6.45) is -0.179. The van der Waals surface area contributed by atoms with Gasteiger partial charge in [-0.15, -0.1) is 0 Å². The molecule has 0 fully saturated rings. The zero-order valence-corrected chi connectivity index (χ0v) is 11.0. The number of carboxylic acids is 1. The number of carbonyl (C=O) groups excluding carboxylic acids is 1. The van der Waals surface area contributed by atoms with Crippen LogP contribution in [0, 0.1) is 0 Å². The maximum atomic E-state index is 11.7. The van der Waals surface area contributed by atoms with Crippen molar-refractivity contribution in [1.29, 1.82) is 0 Å². The summed E-state index contributed by atoms with van der Waals surface area (Å²) in [5.74, 6) is -1.49. The maximum Gasteiger partial charge on any atom is 0.321 e. The molecule has 1 aromatic carbocycles. The summed E-state index contributed by atoms with van der Waals surface area (Å²) in [4.78, 5) is 22.7. The second-order valence-corrected chi connectivity index (χ2v) is 4.33. The molecule has 0 radical (unpaired) electrons. The maximum absolute atomic E-state index is 11.7. The highest BCUT2D eigenvalue weighted by molar-refractivity contribution is 6.30. The van der Waals surface area contributed by atoms with Crippen molar-refractivity contribution < 1.29 is 14.7 Å². The van der Waals surface area contributed by atoms with Gasteiger partial charge in [0.05, 0.1) is 6.42 Å². The van der Waals surface area contributed by atoms with Crippen LogP contribution in [0.1, 0.15) is 6.42 Å². The minimum absolute atomic E-state index is 0.179. The molecule has 6 nitrogen and oxygen atoms in total. The van der Waals surface area contributed by atoms with Gasteiger partial charge in [-0.05, 0) is 18.2 Å². The van der Waals surface area contributed by atoms with Crippen LogP contribution in [-0.4, -0.2) is 36.1 Å². The van der Waals surface area contributed by atoms with Gasteiger partial charge in [0.2, 0.25) is 5.91 Å². The van der Waals surface area contributed by atoms with Crippen molar-refractivity contribution in [3.05, 3.63) is 29.3 Å². The largest absolute Gasteiger partial charge is 0.480 e. The summed E-state index contributed by atoms with van der Waals surface area (Å²) in [7, 11) is 0. The topological polar surface area (TPSA) is 104 Å². The van der Waals surface area contributed by atoms with E-state index < -0.39 is 17.9 Å². The Morgan fingerprint density at radius 1 is 1.42 bits per heavy atom. The number of nitrogens with one attached hydrogen (secondary N) is 2. The predicted octanol–water partition coefficient (Wildman–Crippen LogP) is 0.670. The quantitative estimate of drug-likeness (QED) is 0.589. The molecule has 104 valence electrons. The van der Waals surface area contributed by atoms with Gasteiger partial charge in [0.25, 0.3) is 0 Å². The highest BCUT2D eigenvalue weighted by atomic mass is 35.5. The van der Waals surface area contributed by atoms with E-state index in [0.717, 1.165) is 0 Å². The van der Waals surface area contributed by atoms with Crippen LogP contribution in [0.3, 0.4) is 0 Å². The first-order valence-corrected chi connectivity index (χ1v) is 6.12. The molecule has 0 aromatic heterocycles. The van der Waals surface area contributed by atoms with Gasteiger partial charge in [0.15, 0.2) is 0 Å². The van der Waals surface area contributed by atoms with E-state index in [9.17, 15) is 9.59 Å². The van der Waals surface area contributed by atoms with Crippen molar-refractivity contribution >= 4 is 29.2 Å². The third-order valence-corrected chi connectivity index (χ3v) is 2.57. The number of carboxylic acid groups (broad SMARTS) is 1. The first-order valence-electron chi connectivity index (χ1n) is 5.74. The second-order valence-electron chi connectivity index (χ2n) is 3.90. The Hall–Kier alpha value is -1.63. The van der Waals surface area contributed by atoms with Gasteiger partial charge in [0, 0.05) is 23.8 Å². The van der Waals surface area contributed by atoms with E-state index in [1.54, 1.807) is 24.3 Å². The van der Waals surface area contributed by atoms with Gasteiger partial charge in [-0.3, -0.25) is 9.59 Å². The van der Waals surface area contributed by atoms with Gasteiger partial charge in [-0.25, -0.2) is 0 Å². The van der Waals surface area contributed by atoms with E-state index >= 15 is 0 Å². The Balaban J connectivity index is 2.55. The Labute approximate surface area is 115 Å². The van der Waals surface area contributed by atoms with Crippen molar-refractivity contribution in [3.63, 3.8) is 0 Å². The van der Waals surface area contributed by atoms with Crippen molar-refractivity contribution in [3.8, 4) is 0 Å². The van der Waals surface area contributed by atoms with E-state index in [-0.39, 0.29) is 6.42 Å². The minimum Gasteiger partial charge on any atom is -0.480 e. The lowest BCUT2D eigenvalue weighted by molar-refractivity contribution is -0.141. The zero-order chi connectivity index (χ0) is 14.3. The summed E-state index contributed by atoms with van der Waals surface area (Å²) in [5, 5.41) is 14.7. The summed E-state index contributed by atoms with van der Waals surface area (Å²) in [6.45, 7) is 0.640. The molecule has 0 unspecified atom stereocenters. The van der Waals surface area contributed by atoms with Crippen LogP contribution < -0.4 is 16.4 Å². The van der Waals surface area contributed by atoms with E-state index in [4.69, 9.17) is 22.4 Å². The molecule has 0 saturated carbocycles. The van der Waals surface area contributed by atoms with Crippen LogP contribution in [-0.2, 0) is 9.59 Å². The Morgan fingerprint density at radius 3 is 2.74 bits per heavy atom. The number of halogens is 1. The first-order chi connectivity index (χ1) is 9.02. The number of hydrogen-bond acceptors (Lipinski definition) is 4. The molecule has 1 amide bonds. The van der Waals surface area contributed by atoms with Crippen LogP contribution in [0.2, 0.25) is 5.02 Å². The summed E-state index contributed by atoms with van der Waals surface area (Å²) < 4.78 is 0. The molecule has 0 aliphatic carbocycles. The van der Waals surface area contributed by atoms with E-state index in [2.05, 4.69) is 10.6 Å². The van der Waals surface area contributed by atoms with Gasteiger partial charge in [-0.2, -0.15) is 0 Å². The molecule has 1 atom stereocenters. The van der Waals surface area contributed by atoms with Gasteiger partial charge in [-0.1, -0.05) is 17.7 Å². The standard InChI is InChI=1S/C12H16ClN3O3/c13-8-2-1-3-9(6-8)16-11(17)7-10(12(18)19)15-5-4-14/h1-3,6,10,15H,4-5,7,14H2,(H,16,17)(H,18,19)/t10-/m1/s1. The summed E-state index contributed by atoms with van der Waals surface area (Å²) in [6, 6.07) is 5.68. The fraction of sp³-hybridized carbons (Fsp3) is 0.333. The van der Waals surface area contributed by atoms with Crippen LogP contribution in [0.15, 0.2) is 24.3 Å². The monoisotopic (exact) mass is 285 g/mol. The fourth-order valence-corrected chi connectivity index (χ4v) is 1.66. The van der Waals surface area contributed by atoms with Crippen molar-refractivity contribution in [2.24, 2.45) is 5.73 Å².